The molecule has 0 heterocycles. The van der Waals surface area contributed by atoms with E-state index in [1.54, 1.807) is 6.92 Å². The molecule has 1 rings (SSSR count). The van der Waals surface area contributed by atoms with E-state index >= 15 is 0 Å². The van der Waals surface area contributed by atoms with Crippen molar-refractivity contribution in [3.05, 3.63) is 28.8 Å². The van der Waals surface area contributed by atoms with Gasteiger partial charge in [-0.3, -0.25) is 0 Å². The minimum atomic E-state index is -0.355. The van der Waals surface area contributed by atoms with E-state index in [0.29, 0.717) is 18.8 Å². The van der Waals surface area contributed by atoms with E-state index in [9.17, 15) is 10.2 Å². The minimum absolute atomic E-state index is 0.107. The van der Waals surface area contributed by atoms with Crippen LogP contribution in [0.4, 0.5) is 0 Å². The van der Waals surface area contributed by atoms with Crippen LogP contribution in [-0.2, 0) is 17.4 Å². The summed E-state index contributed by atoms with van der Waals surface area (Å²) in [6.45, 7) is 15.7. The van der Waals surface area contributed by atoms with E-state index in [1.807, 2.05) is 0 Å². The van der Waals surface area contributed by atoms with Crippen LogP contribution in [-0.4, -0.2) is 22.9 Å². The summed E-state index contributed by atoms with van der Waals surface area (Å²) in [5, 5.41) is 23.2. The van der Waals surface area contributed by atoms with Gasteiger partial charge in [0.2, 0.25) is 0 Å². The van der Waals surface area contributed by atoms with Crippen LogP contribution in [0.1, 0.15) is 65.2 Å². The summed E-state index contributed by atoms with van der Waals surface area (Å²) in [5.41, 5.74) is 2.88. The number of hydrogen-bond donors (Lipinski definition) is 3. The van der Waals surface area contributed by atoms with Crippen molar-refractivity contribution < 1.29 is 10.2 Å². The molecule has 0 amide bonds. The average Bonchev–Trinajstić information content (AvgIpc) is 2.27. The molecule has 0 radical (unpaired) electrons. The molecule has 1 aromatic rings. The van der Waals surface area contributed by atoms with Gasteiger partial charge in [-0.1, -0.05) is 53.7 Å². The van der Waals surface area contributed by atoms with Crippen molar-refractivity contribution in [2.24, 2.45) is 0 Å². The summed E-state index contributed by atoms with van der Waals surface area (Å²) in [6, 6.07) is 4.14. The molecule has 0 aliphatic rings. The van der Waals surface area contributed by atoms with Gasteiger partial charge in [-0.2, -0.15) is 0 Å². The third kappa shape index (κ3) is 5.01. The number of benzene rings is 1. The Balaban J connectivity index is 3.21. The van der Waals surface area contributed by atoms with Crippen molar-refractivity contribution in [2.75, 3.05) is 6.54 Å². The number of aromatic hydroxyl groups is 1. The molecule has 0 saturated heterocycles. The predicted molar refractivity (Wildman–Crippen MR) is 88.9 cm³/mol. The zero-order valence-corrected chi connectivity index (χ0v) is 14.5. The van der Waals surface area contributed by atoms with Crippen LogP contribution in [0.15, 0.2) is 12.1 Å². The third-order valence-electron chi connectivity index (χ3n) is 3.55. The molecule has 1 unspecified atom stereocenters. The minimum Gasteiger partial charge on any atom is -0.507 e. The Morgan fingerprint density at radius 1 is 1.00 bits per heavy atom. The summed E-state index contributed by atoms with van der Waals surface area (Å²) in [5.74, 6) is 0.411. The van der Waals surface area contributed by atoms with Crippen LogP contribution in [0.5, 0.6) is 5.75 Å². The van der Waals surface area contributed by atoms with Crippen molar-refractivity contribution >= 4 is 0 Å². The first-order valence-corrected chi connectivity index (χ1v) is 7.68. The van der Waals surface area contributed by atoms with Crippen LogP contribution in [0.25, 0.3) is 0 Å². The van der Waals surface area contributed by atoms with Gasteiger partial charge >= 0.3 is 0 Å². The Labute approximate surface area is 129 Å². The molecule has 21 heavy (non-hydrogen) atoms. The Hall–Kier alpha value is -1.06. The van der Waals surface area contributed by atoms with Crippen LogP contribution < -0.4 is 5.32 Å². The summed E-state index contributed by atoms with van der Waals surface area (Å²) < 4.78 is 0. The van der Waals surface area contributed by atoms with E-state index in [-0.39, 0.29) is 16.9 Å². The van der Waals surface area contributed by atoms with Gasteiger partial charge in [0.15, 0.2) is 0 Å². The number of rotatable bonds is 4. The molecule has 0 saturated carbocycles. The highest BCUT2D eigenvalue weighted by atomic mass is 16.3. The van der Waals surface area contributed by atoms with Gasteiger partial charge in [-0.25, -0.2) is 0 Å². The second-order valence-electron chi connectivity index (χ2n) is 8.02. The van der Waals surface area contributed by atoms with Crippen molar-refractivity contribution in [2.45, 2.75) is 71.9 Å². The van der Waals surface area contributed by atoms with Crippen molar-refractivity contribution in [3.8, 4) is 5.75 Å². The van der Waals surface area contributed by atoms with E-state index in [1.165, 1.54) is 0 Å². The molecule has 3 nitrogen and oxygen atoms in total. The Morgan fingerprint density at radius 2 is 1.43 bits per heavy atom. The first-order chi connectivity index (χ1) is 9.43. The number of aliphatic hydroxyl groups excluding tert-OH is 1. The number of aliphatic hydroxyl groups is 1. The van der Waals surface area contributed by atoms with E-state index < -0.39 is 0 Å². The fourth-order valence-corrected chi connectivity index (χ4v) is 2.37. The van der Waals surface area contributed by atoms with Crippen LogP contribution in [0, 0.1) is 0 Å². The van der Waals surface area contributed by atoms with Gasteiger partial charge in [-0.05, 0) is 34.4 Å². The van der Waals surface area contributed by atoms with Gasteiger partial charge in [-0.15, -0.1) is 0 Å². The standard InChI is InChI=1S/C18H31NO2/c1-12(20)10-19-11-13-8-14(17(2,3)4)16(21)15(9-13)18(5,6)7/h8-9,12,19-21H,10-11H2,1-7H3. The lowest BCUT2D eigenvalue weighted by atomic mass is 9.78. The first-order valence-electron chi connectivity index (χ1n) is 7.68. The summed E-state index contributed by atoms with van der Waals surface area (Å²) >= 11 is 0. The number of nitrogens with one attached hydrogen (secondary N) is 1. The zero-order valence-electron chi connectivity index (χ0n) is 14.5. The lowest BCUT2D eigenvalue weighted by Gasteiger charge is -2.28. The molecule has 0 aliphatic carbocycles. The fraction of sp³-hybridized carbons (Fsp3) is 0.667. The summed E-state index contributed by atoms with van der Waals surface area (Å²) in [6.07, 6.45) is -0.355. The van der Waals surface area contributed by atoms with Crippen molar-refractivity contribution in [1.29, 1.82) is 0 Å². The second-order valence-corrected chi connectivity index (χ2v) is 8.02. The smallest absolute Gasteiger partial charge is 0.123 e. The van der Waals surface area contributed by atoms with E-state index in [0.717, 1.165) is 16.7 Å². The predicted octanol–water partition coefficient (Wildman–Crippen LogP) is 3.46. The van der Waals surface area contributed by atoms with Gasteiger partial charge in [0, 0.05) is 13.1 Å². The maximum atomic E-state index is 10.6. The molecule has 1 aromatic carbocycles. The fourth-order valence-electron chi connectivity index (χ4n) is 2.37. The molecule has 0 aliphatic heterocycles. The van der Waals surface area contributed by atoms with E-state index in [2.05, 4.69) is 59.0 Å². The molecule has 0 fully saturated rings. The third-order valence-corrected chi connectivity index (χ3v) is 3.55. The Bertz CT molecular complexity index is 444. The number of phenolic OH excluding ortho intramolecular Hbond substituents is 1. The molecular formula is C18H31NO2. The second kappa shape index (κ2) is 6.37. The summed E-state index contributed by atoms with van der Waals surface area (Å²) in [7, 11) is 0. The molecule has 1 atom stereocenters. The molecule has 120 valence electrons. The van der Waals surface area contributed by atoms with Crippen LogP contribution in [0.3, 0.4) is 0 Å². The lowest BCUT2D eigenvalue weighted by Crippen LogP contribution is -2.25. The highest BCUT2D eigenvalue weighted by Crippen LogP contribution is 2.39. The van der Waals surface area contributed by atoms with Gasteiger partial charge in [0.05, 0.1) is 6.10 Å². The van der Waals surface area contributed by atoms with Crippen molar-refractivity contribution in [3.63, 3.8) is 0 Å². The molecule has 0 bridgehead atoms. The zero-order chi connectivity index (χ0) is 16.4. The SMILES string of the molecule is CC(O)CNCc1cc(C(C)(C)C)c(O)c(C(C)(C)C)c1. The Morgan fingerprint density at radius 3 is 1.76 bits per heavy atom. The van der Waals surface area contributed by atoms with Gasteiger partial charge < -0.3 is 15.5 Å². The highest BCUT2D eigenvalue weighted by Gasteiger charge is 2.26. The normalized spacial score (nSPS) is 14.3. The largest absolute Gasteiger partial charge is 0.507 e. The molecule has 3 N–H and O–H groups in total. The maximum absolute atomic E-state index is 10.6. The topological polar surface area (TPSA) is 52.5 Å². The molecular weight excluding hydrogens is 262 g/mol. The monoisotopic (exact) mass is 293 g/mol. The lowest BCUT2D eigenvalue weighted by molar-refractivity contribution is 0.191. The molecule has 3 heteroatoms. The van der Waals surface area contributed by atoms with Crippen LogP contribution in [0.2, 0.25) is 0 Å². The van der Waals surface area contributed by atoms with Gasteiger partial charge in [0.1, 0.15) is 5.75 Å². The summed E-state index contributed by atoms with van der Waals surface area (Å²) in [4.78, 5) is 0. The van der Waals surface area contributed by atoms with Crippen molar-refractivity contribution in [1.82, 2.24) is 5.32 Å². The molecule has 0 spiro atoms. The first kappa shape index (κ1) is 18.0. The van der Waals surface area contributed by atoms with E-state index in [4.69, 9.17) is 0 Å². The van der Waals surface area contributed by atoms with Crippen LogP contribution >= 0.6 is 0 Å². The highest BCUT2D eigenvalue weighted by molar-refractivity contribution is 5.49. The quantitative estimate of drug-likeness (QED) is 0.797. The maximum Gasteiger partial charge on any atom is 0.123 e. The van der Waals surface area contributed by atoms with Gasteiger partial charge in [0.25, 0.3) is 0 Å². The average molecular weight is 293 g/mol. The molecule has 0 aromatic heterocycles. The number of phenols is 1. The number of hydrogen-bond acceptors (Lipinski definition) is 3. The Kier molecular flexibility index (Phi) is 5.46.